The van der Waals surface area contributed by atoms with E-state index in [2.05, 4.69) is 14.9 Å². The third kappa shape index (κ3) is 4.16. The number of aryl methyl sites for hydroxylation is 1. The van der Waals surface area contributed by atoms with Crippen LogP contribution in [-0.4, -0.2) is 42.3 Å². The highest BCUT2D eigenvalue weighted by Crippen LogP contribution is 2.28. The molecule has 0 atom stereocenters. The Kier molecular flexibility index (Phi) is 5.47. The summed E-state index contributed by atoms with van der Waals surface area (Å²) in [6, 6.07) is 4.97. The number of rotatable bonds is 6. The summed E-state index contributed by atoms with van der Waals surface area (Å²) in [5, 5.41) is 6.31. The SMILES string of the molecule is COc1ccc(OC)c(NC(=O)COC(=O)c2snnc2C)c1. The maximum absolute atomic E-state index is 11.9. The van der Waals surface area contributed by atoms with Crippen LogP contribution in [-0.2, 0) is 9.53 Å². The van der Waals surface area contributed by atoms with Crippen molar-refractivity contribution in [3.8, 4) is 11.5 Å². The number of nitrogens with one attached hydrogen (secondary N) is 1. The normalized spacial score (nSPS) is 10.0. The minimum atomic E-state index is -0.634. The second-order valence-electron chi connectivity index (χ2n) is 4.38. The number of amides is 1. The zero-order valence-electron chi connectivity index (χ0n) is 12.8. The molecule has 0 spiro atoms. The molecule has 0 saturated carbocycles. The molecule has 0 unspecified atom stereocenters. The van der Waals surface area contributed by atoms with Crippen LogP contribution in [0.15, 0.2) is 18.2 Å². The van der Waals surface area contributed by atoms with Crippen molar-refractivity contribution < 1.29 is 23.8 Å². The Hall–Kier alpha value is -2.68. The number of methoxy groups -OCH3 is 2. The van der Waals surface area contributed by atoms with Crippen LogP contribution in [0.25, 0.3) is 0 Å². The molecule has 0 radical (unpaired) electrons. The molecule has 0 bridgehead atoms. The van der Waals surface area contributed by atoms with Gasteiger partial charge in [-0.1, -0.05) is 4.49 Å². The Morgan fingerprint density at radius 1 is 1.26 bits per heavy atom. The van der Waals surface area contributed by atoms with Crippen molar-refractivity contribution in [3.63, 3.8) is 0 Å². The van der Waals surface area contributed by atoms with E-state index in [1.54, 1.807) is 25.1 Å². The van der Waals surface area contributed by atoms with Crippen molar-refractivity contribution in [1.29, 1.82) is 0 Å². The van der Waals surface area contributed by atoms with E-state index in [1.807, 2.05) is 0 Å². The molecule has 0 saturated heterocycles. The van der Waals surface area contributed by atoms with Gasteiger partial charge >= 0.3 is 5.97 Å². The van der Waals surface area contributed by atoms with Crippen molar-refractivity contribution >= 4 is 29.1 Å². The Morgan fingerprint density at radius 2 is 2.04 bits per heavy atom. The molecule has 1 heterocycles. The van der Waals surface area contributed by atoms with E-state index in [0.717, 1.165) is 11.5 Å². The van der Waals surface area contributed by atoms with Gasteiger partial charge in [0, 0.05) is 6.07 Å². The van der Waals surface area contributed by atoms with E-state index in [-0.39, 0.29) is 4.88 Å². The second kappa shape index (κ2) is 7.54. The van der Waals surface area contributed by atoms with Crippen LogP contribution >= 0.6 is 11.5 Å². The predicted molar refractivity (Wildman–Crippen MR) is 83.1 cm³/mol. The van der Waals surface area contributed by atoms with E-state index in [4.69, 9.17) is 14.2 Å². The Labute approximate surface area is 136 Å². The lowest BCUT2D eigenvalue weighted by molar-refractivity contribution is -0.119. The second-order valence-corrected chi connectivity index (χ2v) is 5.13. The standard InChI is InChI=1S/C14H15N3O5S/c1-8-13(23-17-16-8)14(19)22-7-12(18)15-10-6-9(20-2)4-5-11(10)21-3/h4-6H,7H2,1-3H3,(H,15,18). The summed E-state index contributed by atoms with van der Waals surface area (Å²) >= 11 is 0.920. The van der Waals surface area contributed by atoms with Crippen molar-refractivity contribution in [2.24, 2.45) is 0 Å². The summed E-state index contributed by atoms with van der Waals surface area (Å²) in [6.45, 7) is 1.21. The summed E-state index contributed by atoms with van der Waals surface area (Å²) in [7, 11) is 3.00. The lowest BCUT2D eigenvalue weighted by atomic mass is 10.2. The van der Waals surface area contributed by atoms with Gasteiger partial charge in [0.1, 0.15) is 11.5 Å². The van der Waals surface area contributed by atoms with Crippen LogP contribution in [0.3, 0.4) is 0 Å². The molecule has 1 amide bonds. The van der Waals surface area contributed by atoms with Crippen molar-refractivity contribution in [1.82, 2.24) is 9.59 Å². The highest BCUT2D eigenvalue weighted by atomic mass is 32.1. The Bertz CT molecular complexity index is 716. The van der Waals surface area contributed by atoms with Crippen LogP contribution in [0, 0.1) is 6.92 Å². The largest absolute Gasteiger partial charge is 0.497 e. The molecule has 0 aliphatic carbocycles. The van der Waals surface area contributed by atoms with Crippen LogP contribution in [0.4, 0.5) is 5.69 Å². The van der Waals surface area contributed by atoms with Crippen LogP contribution in [0.1, 0.15) is 15.4 Å². The number of hydrogen-bond acceptors (Lipinski definition) is 8. The number of hydrogen-bond donors (Lipinski definition) is 1. The number of nitrogens with zero attached hydrogens (tertiary/aromatic N) is 2. The molecule has 1 aromatic heterocycles. The summed E-state index contributed by atoms with van der Waals surface area (Å²) in [4.78, 5) is 24.0. The number of esters is 1. The Balaban J connectivity index is 1.97. The topological polar surface area (TPSA) is 99.6 Å². The lowest BCUT2D eigenvalue weighted by Gasteiger charge is -2.11. The van der Waals surface area contributed by atoms with Gasteiger partial charge in [0.15, 0.2) is 11.5 Å². The van der Waals surface area contributed by atoms with Gasteiger partial charge < -0.3 is 19.5 Å². The van der Waals surface area contributed by atoms with Crippen LogP contribution < -0.4 is 14.8 Å². The fraction of sp³-hybridized carbons (Fsp3) is 0.286. The summed E-state index contributed by atoms with van der Waals surface area (Å²) in [5.74, 6) is -0.109. The monoisotopic (exact) mass is 337 g/mol. The van der Waals surface area contributed by atoms with E-state index < -0.39 is 18.5 Å². The minimum absolute atomic E-state index is 0.275. The van der Waals surface area contributed by atoms with E-state index in [0.29, 0.717) is 22.9 Å². The first-order valence-corrected chi connectivity index (χ1v) is 7.30. The zero-order valence-corrected chi connectivity index (χ0v) is 13.6. The molecule has 122 valence electrons. The molecule has 8 nitrogen and oxygen atoms in total. The van der Waals surface area contributed by atoms with Crippen LogP contribution in [0.5, 0.6) is 11.5 Å². The molecule has 2 rings (SSSR count). The van der Waals surface area contributed by atoms with E-state index >= 15 is 0 Å². The molecule has 0 aliphatic heterocycles. The van der Waals surface area contributed by atoms with Gasteiger partial charge in [-0.25, -0.2) is 4.79 Å². The van der Waals surface area contributed by atoms with Gasteiger partial charge in [-0.2, -0.15) is 0 Å². The molecule has 9 heteroatoms. The van der Waals surface area contributed by atoms with Crippen molar-refractivity contribution in [2.45, 2.75) is 6.92 Å². The molecule has 0 fully saturated rings. The first-order chi connectivity index (χ1) is 11.0. The summed E-state index contributed by atoms with van der Waals surface area (Å²) in [6.07, 6.45) is 0. The highest BCUT2D eigenvalue weighted by Gasteiger charge is 2.17. The van der Waals surface area contributed by atoms with Crippen LogP contribution in [0.2, 0.25) is 0 Å². The number of anilines is 1. The average molecular weight is 337 g/mol. The van der Waals surface area contributed by atoms with Gasteiger partial charge in [-0.15, -0.1) is 5.10 Å². The third-order valence-corrected chi connectivity index (χ3v) is 3.66. The molecule has 1 N–H and O–H groups in total. The quantitative estimate of drug-likeness (QED) is 0.800. The number of ether oxygens (including phenoxy) is 3. The third-order valence-electron chi connectivity index (χ3n) is 2.85. The van der Waals surface area contributed by atoms with E-state index in [1.165, 1.54) is 14.2 Å². The highest BCUT2D eigenvalue weighted by molar-refractivity contribution is 7.07. The van der Waals surface area contributed by atoms with Crippen molar-refractivity contribution in [2.75, 3.05) is 26.1 Å². The first kappa shape index (κ1) is 16.7. The molecular formula is C14H15N3O5S. The van der Waals surface area contributed by atoms with Gasteiger partial charge in [-0.3, -0.25) is 4.79 Å². The number of carbonyl (C=O) groups is 2. The van der Waals surface area contributed by atoms with Gasteiger partial charge in [0.25, 0.3) is 5.91 Å². The first-order valence-electron chi connectivity index (χ1n) is 6.53. The average Bonchev–Trinajstić information content (AvgIpc) is 2.98. The van der Waals surface area contributed by atoms with Gasteiger partial charge in [0.05, 0.1) is 25.6 Å². The maximum atomic E-state index is 11.9. The number of aromatic nitrogens is 2. The maximum Gasteiger partial charge on any atom is 0.352 e. The molecular weight excluding hydrogens is 322 g/mol. The van der Waals surface area contributed by atoms with E-state index in [9.17, 15) is 9.59 Å². The summed E-state index contributed by atoms with van der Waals surface area (Å²) < 4.78 is 18.8. The molecule has 2 aromatic rings. The fourth-order valence-corrected chi connectivity index (χ4v) is 2.26. The van der Waals surface area contributed by atoms with Crippen molar-refractivity contribution in [3.05, 3.63) is 28.8 Å². The Morgan fingerprint density at radius 3 is 2.65 bits per heavy atom. The fourth-order valence-electron chi connectivity index (χ4n) is 1.71. The predicted octanol–water partition coefficient (Wildman–Crippen LogP) is 1.66. The number of carbonyl (C=O) groups excluding carboxylic acids is 2. The van der Waals surface area contributed by atoms with Gasteiger partial charge in [-0.05, 0) is 30.6 Å². The smallest absolute Gasteiger partial charge is 0.352 e. The molecule has 23 heavy (non-hydrogen) atoms. The van der Waals surface area contributed by atoms with Gasteiger partial charge in [0.2, 0.25) is 0 Å². The molecule has 0 aliphatic rings. The molecule has 1 aromatic carbocycles. The number of benzene rings is 1. The summed E-state index contributed by atoms with van der Waals surface area (Å²) in [5.41, 5.74) is 0.887. The zero-order chi connectivity index (χ0) is 16.8. The lowest BCUT2D eigenvalue weighted by Crippen LogP contribution is -2.21. The minimum Gasteiger partial charge on any atom is -0.497 e.